The van der Waals surface area contributed by atoms with E-state index < -0.39 is 0 Å². The standard InChI is InChI=1S/C13H25N3O/c1-7-17-12(13(2,3)4)11(14-5)10-8-9-15-16(10)6/h8-9,11-12,14H,7H2,1-6H3. The fourth-order valence-electron chi connectivity index (χ4n) is 2.17. The second-order valence-corrected chi connectivity index (χ2v) is 5.39. The number of rotatable bonds is 5. The van der Waals surface area contributed by atoms with Crippen molar-refractivity contribution in [2.75, 3.05) is 13.7 Å². The third kappa shape index (κ3) is 3.30. The van der Waals surface area contributed by atoms with E-state index in [1.807, 2.05) is 38.0 Å². The van der Waals surface area contributed by atoms with E-state index in [0.717, 1.165) is 12.3 Å². The Bertz CT molecular complexity index is 341. The highest BCUT2D eigenvalue weighted by Crippen LogP contribution is 2.32. The van der Waals surface area contributed by atoms with Gasteiger partial charge >= 0.3 is 0 Å². The zero-order valence-electron chi connectivity index (χ0n) is 11.8. The van der Waals surface area contributed by atoms with Gasteiger partial charge in [-0.2, -0.15) is 5.10 Å². The predicted molar refractivity (Wildman–Crippen MR) is 69.9 cm³/mol. The minimum atomic E-state index is 0.0773. The van der Waals surface area contributed by atoms with Crippen molar-refractivity contribution in [2.24, 2.45) is 12.5 Å². The Morgan fingerprint density at radius 1 is 1.47 bits per heavy atom. The van der Waals surface area contributed by atoms with E-state index in [1.165, 1.54) is 0 Å². The average Bonchev–Trinajstić information content (AvgIpc) is 2.63. The molecule has 0 fully saturated rings. The summed E-state index contributed by atoms with van der Waals surface area (Å²) in [6.07, 6.45) is 1.94. The van der Waals surface area contributed by atoms with E-state index in [4.69, 9.17) is 4.74 Å². The lowest BCUT2D eigenvalue weighted by molar-refractivity contribution is -0.0366. The zero-order valence-corrected chi connectivity index (χ0v) is 11.8. The molecular weight excluding hydrogens is 214 g/mol. The van der Waals surface area contributed by atoms with Crippen LogP contribution in [0, 0.1) is 5.41 Å². The fraction of sp³-hybridized carbons (Fsp3) is 0.769. The van der Waals surface area contributed by atoms with Crippen molar-refractivity contribution in [2.45, 2.75) is 39.8 Å². The van der Waals surface area contributed by atoms with Crippen LogP contribution in [0.25, 0.3) is 0 Å². The van der Waals surface area contributed by atoms with Crippen LogP contribution in [-0.4, -0.2) is 29.5 Å². The highest BCUT2D eigenvalue weighted by atomic mass is 16.5. The normalized spacial score (nSPS) is 15.9. The molecule has 0 bridgehead atoms. The molecule has 0 saturated heterocycles. The summed E-state index contributed by atoms with van der Waals surface area (Å²) in [5.41, 5.74) is 1.23. The molecule has 0 aliphatic rings. The van der Waals surface area contributed by atoms with Crippen LogP contribution in [0.1, 0.15) is 39.4 Å². The molecule has 1 aromatic heterocycles. The van der Waals surface area contributed by atoms with Gasteiger partial charge in [-0.1, -0.05) is 20.8 Å². The zero-order chi connectivity index (χ0) is 13.1. The Hall–Kier alpha value is -0.870. The fourth-order valence-corrected chi connectivity index (χ4v) is 2.17. The van der Waals surface area contributed by atoms with Gasteiger partial charge in [0.2, 0.25) is 0 Å². The molecule has 0 radical (unpaired) electrons. The second-order valence-electron chi connectivity index (χ2n) is 5.39. The molecular formula is C13H25N3O. The Morgan fingerprint density at radius 3 is 2.47 bits per heavy atom. The van der Waals surface area contributed by atoms with Gasteiger partial charge in [-0.05, 0) is 25.5 Å². The highest BCUT2D eigenvalue weighted by Gasteiger charge is 2.34. The summed E-state index contributed by atoms with van der Waals surface area (Å²) in [6, 6.07) is 2.20. The number of nitrogens with one attached hydrogen (secondary N) is 1. The minimum Gasteiger partial charge on any atom is -0.376 e. The molecule has 2 atom stereocenters. The number of hydrogen-bond acceptors (Lipinski definition) is 3. The van der Waals surface area contributed by atoms with Gasteiger partial charge in [-0.25, -0.2) is 0 Å². The molecule has 0 amide bonds. The molecule has 4 nitrogen and oxygen atoms in total. The molecule has 1 aromatic rings. The summed E-state index contributed by atoms with van der Waals surface area (Å²) in [4.78, 5) is 0. The first-order chi connectivity index (χ1) is 7.91. The first kappa shape index (κ1) is 14.2. The van der Waals surface area contributed by atoms with Crippen LogP contribution in [-0.2, 0) is 11.8 Å². The molecule has 0 aliphatic carbocycles. The topological polar surface area (TPSA) is 39.1 Å². The van der Waals surface area contributed by atoms with E-state index in [-0.39, 0.29) is 17.6 Å². The first-order valence-corrected chi connectivity index (χ1v) is 6.18. The highest BCUT2D eigenvalue weighted by molar-refractivity contribution is 5.10. The minimum absolute atomic E-state index is 0.0773. The van der Waals surface area contributed by atoms with E-state index in [1.54, 1.807) is 0 Å². The number of likely N-dealkylation sites (N-methyl/N-ethyl adjacent to an activating group) is 1. The second kappa shape index (κ2) is 5.65. The van der Waals surface area contributed by atoms with Crippen LogP contribution >= 0.6 is 0 Å². The Kier molecular flexibility index (Phi) is 4.71. The van der Waals surface area contributed by atoms with Crippen molar-refractivity contribution in [1.29, 1.82) is 0 Å². The quantitative estimate of drug-likeness (QED) is 0.855. The van der Waals surface area contributed by atoms with Gasteiger partial charge in [-0.15, -0.1) is 0 Å². The molecule has 1 heterocycles. The SMILES string of the molecule is CCOC(C(NC)c1ccnn1C)C(C)(C)C. The van der Waals surface area contributed by atoms with Gasteiger partial charge < -0.3 is 10.1 Å². The van der Waals surface area contributed by atoms with Crippen molar-refractivity contribution in [3.8, 4) is 0 Å². The lowest BCUT2D eigenvalue weighted by Crippen LogP contribution is -2.41. The number of aromatic nitrogens is 2. The molecule has 1 N–H and O–H groups in total. The van der Waals surface area contributed by atoms with Crippen LogP contribution in [0.2, 0.25) is 0 Å². The third-order valence-corrected chi connectivity index (χ3v) is 2.99. The van der Waals surface area contributed by atoms with Crippen LogP contribution in [0.15, 0.2) is 12.3 Å². The van der Waals surface area contributed by atoms with Crippen LogP contribution in [0.3, 0.4) is 0 Å². The molecule has 2 unspecified atom stereocenters. The smallest absolute Gasteiger partial charge is 0.0832 e. The van der Waals surface area contributed by atoms with Crippen molar-refractivity contribution < 1.29 is 4.74 Å². The summed E-state index contributed by atoms with van der Waals surface area (Å²) in [7, 11) is 3.93. The summed E-state index contributed by atoms with van der Waals surface area (Å²) < 4.78 is 7.84. The van der Waals surface area contributed by atoms with Crippen LogP contribution in [0.4, 0.5) is 0 Å². The summed E-state index contributed by atoms with van der Waals surface area (Å²) in [6.45, 7) is 9.36. The van der Waals surface area contributed by atoms with Gasteiger partial charge in [0.05, 0.1) is 17.8 Å². The molecule has 17 heavy (non-hydrogen) atoms. The van der Waals surface area contributed by atoms with E-state index in [2.05, 4.69) is 31.2 Å². The monoisotopic (exact) mass is 239 g/mol. The van der Waals surface area contributed by atoms with Crippen molar-refractivity contribution >= 4 is 0 Å². The average molecular weight is 239 g/mol. The van der Waals surface area contributed by atoms with E-state index in [9.17, 15) is 0 Å². The number of nitrogens with zero attached hydrogens (tertiary/aromatic N) is 2. The first-order valence-electron chi connectivity index (χ1n) is 6.18. The van der Waals surface area contributed by atoms with E-state index in [0.29, 0.717) is 0 Å². The lowest BCUT2D eigenvalue weighted by Gasteiger charge is -2.36. The molecule has 4 heteroatoms. The van der Waals surface area contributed by atoms with Gasteiger partial charge in [-0.3, -0.25) is 4.68 Å². The van der Waals surface area contributed by atoms with Gasteiger partial charge in [0.15, 0.2) is 0 Å². The molecule has 0 saturated carbocycles. The summed E-state index contributed by atoms with van der Waals surface area (Å²) >= 11 is 0. The lowest BCUT2D eigenvalue weighted by atomic mass is 9.83. The van der Waals surface area contributed by atoms with Crippen molar-refractivity contribution in [3.63, 3.8) is 0 Å². The molecule has 0 aromatic carbocycles. The van der Waals surface area contributed by atoms with Crippen molar-refractivity contribution in [1.82, 2.24) is 15.1 Å². The maximum absolute atomic E-state index is 5.93. The maximum atomic E-state index is 5.93. The van der Waals surface area contributed by atoms with Gasteiger partial charge in [0.25, 0.3) is 0 Å². The molecule has 98 valence electrons. The number of hydrogen-bond donors (Lipinski definition) is 1. The number of ether oxygens (including phenoxy) is 1. The predicted octanol–water partition coefficient (Wildman–Crippen LogP) is 2.13. The summed E-state index contributed by atoms with van der Waals surface area (Å²) in [5.74, 6) is 0. The number of aryl methyl sites for hydroxylation is 1. The van der Waals surface area contributed by atoms with Gasteiger partial charge in [0, 0.05) is 19.9 Å². The molecule has 0 spiro atoms. The Balaban J connectivity index is 3.02. The molecule has 0 aliphatic heterocycles. The van der Waals surface area contributed by atoms with Crippen molar-refractivity contribution in [3.05, 3.63) is 18.0 Å². The van der Waals surface area contributed by atoms with E-state index >= 15 is 0 Å². The van der Waals surface area contributed by atoms with Gasteiger partial charge in [0.1, 0.15) is 0 Å². The van der Waals surface area contributed by atoms with Crippen LogP contribution in [0.5, 0.6) is 0 Å². The third-order valence-electron chi connectivity index (χ3n) is 2.99. The van der Waals surface area contributed by atoms with Crippen LogP contribution < -0.4 is 5.32 Å². The Morgan fingerprint density at radius 2 is 2.12 bits per heavy atom. The molecule has 1 rings (SSSR count). The Labute approximate surface area is 104 Å². The largest absolute Gasteiger partial charge is 0.376 e. The maximum Gasteiger partial charge on any atom is 0.0832 e. The summed E-state index contributed by atoms with van der Waals surface area (Å²) in [5, 5.41) is 7.58.